The van der Waals surface area contributed by atoms with Crippen molar-refractivity contribution in [1.29, 1.82) is 0 Å². The highest BCUT2D eigenvalue weighted by Gasteiger charge is 2.35. The lowest BCUT2D eigenvalue weighted by Gasteiger charge is -2.18. The maximum Gasteiger partial charge on any atom is 0.261 e. The van der Waals surface area contributed by atoms with Crippen LogP contribution in [0.5, 0.6) is 0 Å². The van der Waals surface area contributed by atoms with Crippen LogP contribution in [0, 0.1) is 5.82 Å². The molecule has 1 N–H and O–H groups in total. The third-order valence-electron chi connectivity index (χ3n) is 4.62. The molecule has 1 heterocycles. The number of hydrogen-bond acceptors (Lipinski definition) is 4. The van der Waals surface area contributed by atoms with Crippen molar-refractivity contribution in [3.8, 4) is 0 Å². The van der Waals surface area contributed by atoms with E-state index in [1.807, 2.05) is 0 Å². The molecule has 9 heteroatoms. The first-order valence-corrected chi connectivity index (χ1v) is 10.0. The van der Waals surface area contributed by atoms with Gasteiger partial charge in [0.05, 0.1) is 17.7 Å². The number of fused-ring (bicyclic) bond motifs is 1. The van der Waals surface area contributed by atoms with Crippen molar-refractivity contribution < 1.29 is 23.6 Å². The van der Waals surface area contributed by atoms with Gasteiger partial charge in [-0.2, -0.15) is 0 Å². The number of halogens is 2. The Hall–Kier alpha value is -3.07. The van der Waals surface area contributed by atoms with E-state index >= 15 is 0 Å². The maximum absolute atomic E-state index is 13.2. The Labute approximate surface area is 181 Å². The summed E-state index contributed by atoms with van der Waals surface area (Å²) in [5, 5.41) is 2.52. The average Bonchev–Trinajstić information content (AvgIpc) is 2.92. The van der Waals surface area contributed by atoms with E-state index in [9.17, 15) is 23.6 Å². The smallest absolute Gasteiger partial charge is 0.261 e. The monoisotopic (exact) mass is 475 g/mol. The number of likely N-dealkylation sites (N-methyl/N-ethyl adjacent to an activating group) is 1. The van der Waals surface area contributed by atoms with Gasteiger partial charge in [0.2, 0.25) is 11.8 Å². The summed E-state index contributed by atoms with van der Waals surface area (Å²) in [6, 6.07) is 10.3. The fourth-order valence-corrected chi connectivity index (χ4v) is 3.48. The minimum absolute atomic E-state index is 0.0703. The van der Waals surface area contributed by atoms with E-state index in [2.05, 4.69) is 21.2 Å². The zero-order chi connectivity index (χ0) is 21.8. The first-order chi connectivity index (χ1) is 14.3. The molecule has 0 radical (unpaired) electrons. The van der Waals surface area contributed by atoms with Crippen LogP contribution in [0.1, 0.15) is 33.6 Å². The summed E-state index contributed by atoms with van der Waals surface area (Å²) in [7, 11) is 1.48. The third-order valence-corrected chi connectivity index (χ3v) is 5.11. The zero-order valence-corrected chi connectivity index (χ0v) is 17.7. The van der Waals surface area contributed by atoms with Gasteiger partial charge in [-0.3, -0.25) is 24.1 Å². The number of carbonyl (C=O) groups excluding carboxylic acids is 4. The van der Waals surface area contributed by atoms with Crippen LogP contribution in [0.15, 0.2) is 46.9 Å². The van der Waals surface area contributed by atoms with E-state index in [-0.39, 0.29) is 43.7 Å². The normalized spacial score (nSPS) is 12.7. The van der Waals surface area contributed by atoms with Crippen LogP contribution < -0.4 is 5.32 Å². The number of amides is 4. The molecule has 0 atom stereocenters. The molecule has 4 amide bonds. The van der Waals surface area contributed by atoms with E-state index < -0.39 is 11.7 Å². The summed E-state index contributed by atoms with van der Waals surface area (Å²) in [5.41, 5.74) is 0.991. The van der Waals surface area contributed by atoms with E-state index in [4.69, 9.17) is 0 Å². The van der Waals surface area contributed by atoms with Crippen LogP contribution in [-0.4, -0.2) is 53.6 Å². The summed E-state index contributed by atoms with van der Waals surface area (Å²) < 4.78 is 13.9. The summed E-state index contributed by atoms with van der Waals surface area (Å²) in [6.45, 7) is -0.0879. The molecule has 0 saturated heterocycles. The Balaban J connectivity index is 1.47. The molecule has 0 spiro atoms. The van der Waals surface area contributed by atoms with Gasteiger partial charge >= 0.3 is 0 Å². The predicted molar refractivity (Wildman–Crippen MR) is 111 cm³/mol. The molecule has 156 valence electrons. The van der Waals surface area contributed by atoms with Crippen molar-refractivity contribution in [1.82, 2.24) is 9.80 Å². The zero-order valence-electron chi connectivity index (χ0n) is 16.2. The Morgan fingerprint density at radius 2 is 1.83 bits per heavy atom. The lowest BCUT2D eigenvalue weighted by molar-refractivity contribution is -0.133. The van der Waals surface area contributed by atoms with Crippen LogP contribution in [0.4, 0.5) is 10.1 Å². The first kappa shape index (κ1) is 21.6. The van der Waals surface area contributed by atoms with Gasteiger partial charge in [-0.05, 0) is 42.8 Å². The van der Waals surface area contributed by atoms with Gasteiger partial charge in [-0.25, -0.2) is 4.39 Å². The van der Waals surface area contributed by atoms with Gasteiger partial charge in [0.25, 0.3) is 11.8 Å². The second-order valence-corrected chi connectivity index (χ2v) is 7.78. The van der Waals surface area contributed by atoms with Crippen LogP contribution in [0.2, 0.25) is 0 Å². The largest absolute Gasteiger partial charge is 0.336 e. The number of benzene rings is 2. The van der Waals surface area contributed by atoms with Crippen molar-refractivity contribution in [3.05, 3.63) is 63.9 Å². The van der Waals surface area contributed by atoms with Gasteiger partial charge in [0.15, 0.2) is 0 Å². The minimum Gasteiger partial charge on any atom is -0.336 e. The van der Waals surface area contributed by atoms with E-state index in [1.54, 1.807) is 24.3 Å². The summed E-state index contributed by atoms with van der Waals surface area (Å²) >= 11 is 3.28. The quantitative estimate of drug-likeness (QED) is 0.623. The van der Waals surface area contributed by atoms with Crippen LogP contribution >= 0.6 is 15.9 Å². The molecule has 0 bridgehead atoms. The maximum atomic E-state index is 13.2. The second kappa shape index (κ2) is 9.17. The van der Waals surface area contributed by atoms with Gasteiger partial charge in [0, 0.05) is 30.2 Å². The second-order valence-electron chi connectivity index (χ2n) is 6.86. The molecule has 0 fully saturated rings. The Morgan fingerprint density at radius 3 is 2.57 bits per heavy atom. The summed E-state index contributed by atoms with van der Waals surface area (Å²) in [4.78, 5) is 51.5. The van der Waals surface area contributed by atoms with Crippen molar-refractivity contribution >= 4 is 45.2 Å². The summed E-state index contributed by atoms with van der Waals surface area (Å²) in [5.74, 6) is -1.99. The molecule has 2 aromatic carbocycles. The van der Waals surface area contributed by atoms with Gasteiger partial charge in [-0.1, -0.05) is 22.0 Å². The highest BCUT2D eigenvalue weighted by Crippen LogP contribution is 2.26. The third kappa shape index (κ3) is 4.91. The number of rotatable bonds is 7. The number of hydrogen-bond donors (Lipinski definition) is 1. The number of carbonyl (C=O) groups is 4. The highest BCUT2D eigenvalue weighted by atomic mass is 79.9. The molecule has 0 unspecified atom stereocenters. The molecule has 3 rings (SSSR count). The predicted octanol–water partition coefficient (Wildman–Crippen LogP) is 3.06. The molecular formula is C21H19BrFN3O4. The lowest BCUT2D eigenvalue weighted by atomic mass is 10.1. The van der Waals surface area contributed by atoms with Crippen molar-refractivity contribution in [2.45, 2.75) is 12.8 Å². The van der Waals surface area contributed by atoms with Crippen LogP contribution in [0.3, 0.4) is 0 Å². The topological polar surface area (TPSA) is 86.8 Å². The van der Waals surface area contributed by atoms with Gasteiger partial charge in [0.1, 0.15) is 5.82 Å². The van der Waals surface area contributed by atoms with E-state index in [0.29, 0.717) is 21.3 Å². The fraction of sp³-hybridized carbons (Fsp3) is 0.238. The minimum atomic E-state index is -0.474. The van der Waals surface area contributed by atoms with Crippen molar-refractivity contribution in [2.24, 2.45) is 0 Å². The first-order valence-electron chi connectivity index (χ1n) is 9.21. The molecule has 30 heavy (non-hydrogen) atoms. The molecule has 1 aliphatic rings. The molecule has 2 aromatic rings. The van der Waals surface area contributed by atoms with Crippen LogP contribution in [-0.2, 0) is 9.59 Å². The van der Waals surface area contributed by atoms with Crippen LogP contribution in [0.25, 0.3) is 0 Å². The molecule has 0 aromatic heterocycles. The average molecular weight is 476 g/mol. The molecule has 1 aliphatic heterocycles. The number of anilines is 1. The molecule has 0 saturated carbocycles. The Bertz CT molecular complexity index is 1030. The molecule has 7 nitrogen and oxygen atoms in total. The summed E-state index contributed by atoms with van der Waals surface area (Å²) in [6.07, 6.45) is 0.349. The molecular weight excluding hydrogens is 457 g/mol. The standard InChI is InChI=1S/C21H19BrFN3O4/c1-25(12-18(27)24-15-5-2-4-14(23)11-15)19(28)6-3-9-26-20(29)16-8-7-13(22)10-17(16)21(26)30/h2,4-5,7-8,10-11H,3,6,9,12H2,1H3,(H,24,27). The molecule has 0 aliphatic carbocycles. The van der Waals surface area contributed by atoms with E-state index in [0.717, 1.165) is 4.90 Å². The Kier molecular flexibility index (Phi) is 6.61. The van der Waals surface area contributed by atoms with Gasteiger partial charge in [-0.15, -0.1) is 0 Å². The van der Waals surface area contributed by atoms with E-state index in [1.165, 1.54) is 30.1 Å². The number of nitrogens with one attached hydrogen (secondary N) is 1. The highest BCUT2D eigenvalue weighted by molar-refractivity contribution is 9.10. The number of nitrogens with zero attached hydrogens (tertiary/aromatic N) is 2. The fourth-order valence-electron chi connectivity index (χ4n) is 3.12. The SMILES string of the molecule is CN(CC(=O)Nc1cccc(F)c1)C(=O)CCCN1C(=O)c2ccc(Br)cc2C1=O. The van der Waals surface area contributed by atoms with Crippen molar-refractivity contribution in [3.63, 3.8) is 0 Å². The van der Waals surface area contributed by atoms with Crippen molar-refractivity contribution in [2.75, 3.05) is 25.5 Å². The lowest BCUT2D eigenvalue weighted by Crippen LogP contribution is -2.36. The Morgan fingerprint density at radius 1 is 1.10 bits per heavy atom. The van der Waals surface area contributed by atoms with Gasteiger partial charge < -0.3 is 10.2 Å². The number of imide groups is 1.